The molecule has 0 aliphatic heterocycles. The Balaban J connectivity index is 1.66. The smallest absolute Gasteiger partial charge is 0.349 e. The number of carbonyl (C=O) groups is 1. The molecule has 0 amide bonds. The van der Waals surface area contributed by atoms with E-state index in [-0.39, 0.29) is 18.5 Å². The van der Waals surface area contributed by atoms with Crippen molar-refractivity contribution < 1.29 is 14.1 Å². The zero-order valence-corrected chi connectivity index (χ0v) is 14.0. The molecule has 0 saturated carbocycles. The predicted octanol–water partition coefficient (Wildman–Crippen LogP) is 4.23. The second-order valence-electron chi connectivity index (χ2n) is 4.53. The van der Waals surface area contributed by atoms with E-state index in [1.807, 2.05) is 42.6 Å². The molecule has 3 aromatic rings. The molecule has 22 heavy (non-hydrogen) atoms. The molecule has 5 nitrogen and oxygen atoms in total. The molecule has 0 saturated heterocycles. The lowest BCUT2D eigenvalue weighted by molar-refractivity contribution is 0.0435. The van der Waals surface area contributed by atoms with Gasteiger partial charge in [-0.3, -0.25) is 0 Å². The van der Waals surface area contributed by atoms with Gasteiger partial charge in [-0.15, -0.1) is 11.3 Å². The van der Waals surface area contributed by atoms with Crippen LogP contribution in [0.15, 0.2) is 44.7 Å². The number of rotatable bonds is 4. The zero-order valence-electron chi connectivity index (χ0n) is 11.6. The summed E-state index contributed by atoms with van der Waals surface area (Å²) in [6.07, 6.45) is 0. The van der Waals surface area contributed by atoms with Crippen molar-refractivity contribution in [1.82, 2.24) is 10.1 Å². The van der Waals surface area contributed by atoms with Crippen LogP contribution in [0.5, 0.6) is 0 Å². The summed E-state index contributed by atoms with van der Waals surface area (Å²) >= 11 is 4.72. The number of esters is 1. The summed E-state index contributed by atoms with van der Waals surface area (Å²) in [6, 6.07) is 9.41. The Morgan fingerprint density at radius 1 is 1.32 bits per heavy atom. The maximum atomic E-state index is 11.9. The van der Waals surface area contributed by atoms with Gasteiger partial charge in [0.2, 0.25) is 5.82 Å². The summed E-state index contributed by atoms with van der Waals surface area (Å²) in [7, 11) is 0. The van der Waals surface area contributed by atoms with E-state index in [0.717, 1.165) is 15.6 Å². The summed E-state index contributed by atoms with van der Waals surface area (Å²) < 4.78 is 11.3. The Bertz CT molecular complexity index is 795. The molecular weight excluding hydrogens is 368 g/mol. The van der Waals surface area contributed by atoms with E-state index in [9.17, 15) is 4.79 Å². The monoisotopic (exact) mass is 378 g/mol. The standard InChI is InChI=1S/C15H11BrN2O3S/c1-9-6-7-22-13(9)15(19)20-8-12-17-14(18-21-12)10-2-4-11(16)5-3-10/h2-7H,8H2,1H3. The minimum Gasteiger partial charge on any atom is -0.451 e. The number of aromatic nitrogens is 2. The maximum Gasteiger partial charge on any atom is 0.349 e. The van der Waals surface area contributed by atoms with Crippen LogP contribution in [0.2, 0.25) is 0 Å². The summed E-state index contributed by atoms with van der Waals surface area (Å²) in [5.74, 6) is 0.349. The number of nitrogens with zero attached hydrogens (tertiary/aromatic N) is 2. The molecule has 0 fully saturated rings. The molecule has 0 radical (unpaired) electrons. The molecule has 7 heteroatoms. The van der Waals surface area contributed by atoms with Crippen LogP contribution in [-0.4, -0.2) is 16.1 Å². The fourth-order valence-corrected chi connectivity index (χ4v) is 2.89. The number of hydrogen-bond acceptors (Lipinski definition) is 6. The predicted molar refractivity (Wildman–Crippen MR) is 85.6 cm³/mol. The van der Waals surface area contributed by atoms with E-state index in [1.165, 1.54) is 11.3 Å². The lowest BCUT2D eigenvalue weighted by atomic mass is 10.2. The molecule has 0 unspecified atom stereocenters. The molecule has 2 heterocycles. The summed E-state index contributed by atoms with van der Waals surface area (Å²) in [5.41, 5.74) is 1.73. The van der Waals surface area contributed by atoms with Crippen molar-refractivity contribution in [2.24, 2.45) is 0 Å². The zero-order chi connectivity index (χ0) is 15.5. The van der Waals surface area contributed by atoms with Gasteiger partial charge in [0.15, 0.2) is 6.61 Å². The number of thiophene rings is 1. The first-order valence-corrected chi connectivity index (χ1v) is 8.10. The summed E-state index contributed by atoms with van der Waals surface area (Å²) in [4.78, 5) is 16.7. The molecule has 0 spiro atoms. The largest absolute Gasteiger partial charge is 0.451 e. The molecule has 0 N–H and O–H groups in total. The van der Waals surface area contributed by atoms with Gasteiger partial charge in [-0.1, -0.05) is 21.1 Å². The number of ether oxygens (including phenoxy) is 1. The van der Waals surface area contributed by atoms with E-state index in [4.69, 9.17) is 9.26 Å². The van der Waals surface area contributed by atoms with Crippen LogP contribution in [0.1, 0.15) is 21.1 Å². The van der Waals surface area contributed by atoms with Gasteiger partial charge in [-0.05, 0) is 48.2 Å². The van der Waals surface area contributed by atoms with Crippen LogP contribution in [0, 0.1) is 6.92 Å². The average molecular weight is 379 g/mol. The van der Waals surface area contributed by atoms with Crippen LogP contribution in [0.4, 0.5) is 0 Å². The number of carbonyl (C=O) groups excluding carboxylic acids is 1. The third kappa shape index (κ3) is 3.26. The third-order valence-corrected chi connectivity index (χ3v) is 4.47. The lowest BCUT2D eigenvalue weighted by Crippen LogP contribution is -2.04. The molecule has 0 bridgehead atoms. The molecule has 0 aliphatic carbocycles. The molecule has 3 rings (SSSR count). The van der Waals surface area contributed by atoms with Crippen molar-refractivity contribution in [1.29, 1.82) is 0 Å². The minimum atomic E-state index is -0.379. The van der Waals surface area contributed by atoms with Crippen LogP contribution in [-0.2, 0) is 11.3 Å². The van der Waals surface area contributed by atoms with E-state index in [1.54, 1.807) is 0 Å². The van der Waals surface area contributed by atoms with Crippen molar-refractivity contribution >= 4 is 33.2 Å². The highest BCUT2D eigenvalue weighted by Gasteiger charge is 2.15. The first-order chi connectivity index (χ1) is 10.6. The quantitative estimate of drug-likeness (QED) is 0.635. The Kier molecular flexibility index (Phi) is 4.35. The first-order valence-electron chi connectivity index (χ1n) is 6.43. The minimum absolute atomic E-state index is 0.0420. The second kappa shape index (κ2) is 6.41. The van der Waals surface area contributed by atoms with Crippen LogP contribution >= 0.6 is 27.3 Å². The Morgan fingerprint density at radius 2 is 2.09 bits per heavy atom. The maximum absolute atomic E-state index is 11.9. The fourth-order valence-electron chi connectivity index (χ4n) is 1.80. The van der Waals surface area contributed by atoms with Gasteiger partial charge in [-0.25, -0.2) is 4.79 Å². The average Bonchev–Trinajstić information content (AvgIpc) is 3.14. The Hall–Kier alpha value is -1.99. The topological polar surface area (TPSA) is 65.2 Å². The molecule has 2 aromatic heterocycles. The number of halogens is 1. The van der Waals surface area contributed by atoms with Gasteiger partial charge < -0.3 is 9.26 Å². The van der Waals surface area contributed by atoms with Gasteiger partial charge in [0.25, 0.3) is 5.89 Å². The van der Waals surface area contributed by atoms with Crippen molar-refractivity contribution in [2.45, 2.75) is 13.5 Å². The number of aryl methyl sites for hydroxylation is 1. The number of hydrogen-bond donors (Lipinski definition) is 0. The van der Waals surface area contributed by atoms with Gasteiger partial charge >= 0.3 is 5.97 Å². The van der Waals surface area contributed by atoms with Crippen molar-refractivity contribution in [3.63, 3.8) is 0 Å². The van der Waals surface area contributed by atoms with Crippen molar-refractivity contribution in [3.8, 4) is 11.4 Å². The first kappa shape index (κ1) is 14.9. The van der Waals surface area contributed by atoms with E-state index >= 15 is 0 Å². The van der Waals surface area contributed by atoms with E-state index in [0.29, 0.717) is 10.7 Å². The Morgan fingerprint density at radius 3 is 2.77 bits per heavy atom. The van der Waals surface area contributed by atoms with Gasteiger partial charge in [0.05, 0.1) is 0 Å². The van der Waals surface area contributed by atoms with E-state index in [2.05, 4.69) is 26.1 Å². The highest BCUT2D eigenvalue weighted by molar-refractivity contribution is 9.10. The van der Waals surface area contributed by atoms with Crippen molar-refractivity contribution in [2.75, 3.05) is 0 Å². The summed E-state index contributed by atoms with van der Waals surface area (Å²) in [5, 5.41) is 5.74. The highest BCUT2D eigenvalue weighted by Crippen LogP contribution is 2.20. The molecular formula is C15H11BrN2O3S. The normalized spacial score (nSPS) is 10.6. The number of benzene rings is 1. The van der Waals surface area contributed by atoms with Crippen LogP contribution in [0.3, 0.4) is 0 Å². The van der Waals surface area contributed by atoms with Crippen LogP contribution in [0.25, 0.3) is 11.4 Å². The highest BCUT2D eigenvalue weighted by atomic mass is 79.9. The van der Waals surface area contributed by atoms with E-state index < -0.39 is 0 Å². The Labute approximate surface area is 139 Å². The molecule has 0 atom stereocenters. The van der Waals surface area contributed by atoms with Gasteiger partial charge in [0, 0.05) is 10.0 Å². The van der Waals surface area contributed by atoms with Gasteiger partial charge in [-0.2, -0.15) is 4.98 Å². The molecule has 0 aliphatic rings. The fraction of sp³-hybridized carbons (Fsp3) is 0.133. The molecule has 1 aromatic carbocycles. The lowest BCUT2D eigenvalue weighted by Gasteiger charge is -2.00. The molecule has 112 valence electrons. The van der Waals surface area contributed by atoms with Crippen LogP contribution < -0.4 is 0 Å². The summed E-state index contributed by atoms with van der Waals surface area (Å²) in [6.45, 7) is 1.82. The van der Waals surface area contributed by atoms with Crippen molar-refractivity contribution in [3.05, 3.63) is 56.5 Å². The third-order valence-electron chi connectivity index (χ3n) is 2.94. The SMILES string of the molecule is Cc1ccsc1C(=O)OCc1nc(-c2ccc(Br)cc2)no1. The second-order valence-corrected chi connectivity index (χ2v) is 6.36. The van der Waals surface area contributed by atoms with Gasteiger partial charge in [0.1, 0.15) is 4.88 Å².